The van der Waals surface area contributed by atoms with E-state index < -0.39 is 6.10 Å². The molecule has 0 spiro atoms. The van der Waals surface area contributed by atoms with E-state index in [-0.39, 0.29) is 30.2 Å². The Kier molecular flexibility index (Phi) is 2.61. The van der Waals surface area contributed by atoms with Crippen LogP contribution >= 0.6 is 0 Å². The number of carbonyl (C=O) groups is 2. The minimum atomic E-state index is -0.647. The van der Waals surface area contributed by atoms with Gasteiger partial charge in [0.05, 0.1) is 24.5 Å². The maximum Gasteiger partial charge on any atom is 0.233 e. The predicted octanol–water partition coefficient (Wildman–Crippen LogP) is 0.318. The second kappa shape index (κ2) is 3.77. The van der Waals surface area contributed by atoms with Gasteiger partial charge < -0.3 is 5.11 Å². The molecule has 2 amide bonds. The third kappa shape index (κ3) is 1.69. The fraction of sp³-hybridized carbons (Fsp3) is 0.636. The lowest BCUT2D eigenvalue weighted by Gasteiger charge is -2.16. The summed E-state index contributed by atoms with van der Waals surface area (Å²) < 4.78 is 0. The molecule has 1 heterocycles. The molecule has 4 nitrogen and oxygen atoms in total. The summed E-state index contributed by atoms with van der Waals surface area (Å²) in [6.07, 6.45) is 4.58. The maximum atomic E-state index is 11.8. The molecule has 1 aliphatic heterocycles. The molecule has 4 heteroatoms. The average molecular weight is 209 g/mol. The number of aliphatic hydroxyl groups excluding tert-OH is 1. The number of aliphatic hydroxyl groups is 1. The first-order chi connectivity index (χ1) is 7.11. The largest absolute Gasteiger partial charge is 0.392 e. The highest BCUT2D eigenvalue weighted by Crippen LogP contribution is 2.34. The summed E-state index contributed by atoms with van der Waals surface area (Å²) in [5.41, 5.74) is 0. The molecular formula is C11H15NO3. The van der Waals surface area contributed by atoms with Crippen molar-refractivity contribution in [3.8, 4) is 0 Å². The Morgan fingerprint density at radius 3 is 2.20 bits per heavy atom. The number of nitrogens with zero attached hydrogens (tertiary/aromatic N) is 1. The second-order valence-corrected chi connectivity index (χ2v) is 4.29. The van der Waals surface area contributed by atoms with Crippen molar-refractivity contribution in [3.63, 3.8) is 0 Å². The highest BCUT2D eigenvalue weighted by molar-refractivity contribution is 6.05. The van der Waals surface area contributed by atoms with Crippen molar-refractivity contribution >= 4 is 11.8 Å². The number of hydrogen-bond donors (Lipinski definition) is 1. The van der Waals surface area contributed by atoms with Gasteiger partial charge in [-0.3, -0.25) is 14.5 Å². The number of hydrogen-bond acceptors (Lipinski definition) is 3. The molecule has 82 valence electrons. The van der Waals surface area contributed by atoms with Crippen LogP contribution in [0, 0.1) is 11.8 Å². The lowest BCUT2D eigenvalue weighted by atomic mass is 9.85. The van der Waals surface area contributed by atoms with E-state index in [9.17, 15) is 14.7 Å². The van der Waals surface area contributed by atoms with Crippen LogP contribution in [0.5, 0.6) is 0 Å². The van der Waals surface area contributed by atoms with Crippen molar-refractivity contribution in [1.82, 2.24) is 4.90 Å². The van der Waals surface area contributed by atoms with Crippen LogP contribution in [0.2, 0.25) is 0 Å². The minimum absolute atomic E-state index is 0.116. The smallest absolute Gasteiger partial charge is 0.233 e. The third-order valence-corrected chi connectivity index (χ3v) is 3.05. The Morgan fingerprint density at radius 2 is 1.80 bits per heavy atom. The van der Waals surface area contributed by atoms with Crippen LogP contribution in [-0.4, -0.2) is 34.5 Å². The van der Waals surface area contributed by atoms with E-state index in [0.717, 1.165) is 0 Å². The molecular weight excluding hydrogens is 194 g/mol. The van der Waals surface area contributed by atoms with Crippen LogP contribution in [0.1, 0.15) is 19.8 Å². The zero-order chi connectivity index (χ0) is 11.0. The Labute approximate surface area is 88.6 Å². The van der Waals surface area contributed by atoms with Crippen LogP contribution < -0.4 is 0 Å². The van der Waals surface area contributed by atoms with E-state index in [1.165, 1.54) is 4.90 Å². The molecule has 2 rings (SSSR count). The molecule has 0 aromatic rings. The van der Waals surface area contributed by atoms with Gasteiger partial charge in [-0.2, -0.15) is 0 Å². The van der Waals surface area contributed by atoms with Gasteiger partial charge in [0.2, 0.25) is 11.8 Å². The number of fused-ring (bicyclic) bond motifs is 1. The summed E-state index contributed by atoms with van der Waals surface area (Å²) in [5.74, 6) is -0.590. The quantitative estimate of drug-likeness (QED) is 0.526. The van der Waals surface area contributed by atoms with Gasteiger partial charge in [-0.1, -0.05) is 12.2 Å². The van der Waals surface area contributed by atoms with Crippen molar-refractivity contribution in [2.75, 3.05) is 6.54 Å². The Morgan fingerprint density at radius 1 is 1.33 bits per heavy atom. The van der Waals surface area contributed by atoms with Gasteiger partial charge >= 0.3 is 0 Å². The summed E-state index contributed by atoms with van der Waals surface area (Å²) in [5, 5.41) is 9.22. The Balaban J connectivity index is 2.17. The maximum absolute atomic E-state index is 11.8. The lowest BCUT2D eigenvalue weighted by molar-refractivity contribution is -0.141. The summed E-state index contributed by atoms with van der Waals surface area (Å²) in [4.78, 5) is 24.9. The predicted molar refractivity (Wildman–Crippen MR) is 53.8 cm³/mol. The average Bonchev–Trinajstić information content (AvgIpc) is 2.44. The van der Waals surface area contributed by atoms with Gasteiger partial charge in [-0.05, 0) is 19.8 Å². The van der Waals surface area contributed by atoms with Crippen molar-refractivity contribution < 1.29 is 14.7 Å². The minimum Gasteiger partial charge on any atom is -0.392 e. The Hall–Kier alpha value is -1.16. The van der Waals surface area contributed by atoms with E-state index >= 15 is 0 Å². The van der Waals surface area contributed by atoms with Crippen LogP contribution in [0.4, 0.5) is 0 Å². The third-order valence-electron chi connectivity index (χ3n) is 3.05. The second-order valence-electron chi connectivity index (χ2n) is 4.29. The van der Waals surface area contributed by atoms with Crippen molar-refractivity contribution in [2.45, 2.75) is 25.9 Å². The molecule has 0 aromatic heterocycles. The number of allylic oxidation sites excluding steroid dienone is 2. The molecule has 0 bridgehead atoms. The SMILES string of the molecule is C[C@@H](O)CN1C(=O)[C@H]2CC=CC[C@H]2C1=O. The molecule has 2 aliphatic rings. The summed E-state index contributed by atoms with van der Waals surface area (Å²) >= 11 is 0. The monoisotopic (exact) mass is 209 g/mol. The van der Waals surface area contributed by atoms with Crippen LogP contribution in [-0.2, 0) is 9.59 Å². The summed E-state index contributed by atoms with van der Waals surface area (Å²) in [6.45, 7) is 1.71. The van der Waals surface area contributed by atoms with E-state index in [1.54, 1.807) is 6.92 Å². The first-order valence-electron chi connectivity index (χ1n) is 5.29. The van der Waals surface area contributed by atoms with Crippen molar-refractivity contribution in [2.24, 2.45) is 11.8 Å². The number of carbonyl (C=O) groups excluding carboxylic acids is 2. The fourth-order valence-electron chi connectivity index (χ4n) is 2.31. The van der Waals surface area contributed by atoms with Gasteiger partial charge in [0, 0.05) is 0 Å². The van der Waals surface area contributed by atoms with E-state index in [0.29, 0.717) is 12.8 Å². The molecule has 1 aliphatic carbocycles. The Bertz CT molecular complexity index is 296. The van der Waals surface area contributed by atoms with Gasteiger partial charge in [-0.25, -0.2) is 0 Å². The van der Waals surface area contributed by atoms with Gasteiger partial charge in [0.1, 0.15) is 0 Å². The normalized spacial score (nSPS) is 32.0. The number of amides is 2. The highest BCUT2D eigenvalue weighted by atomic mass is 16.3. The summed E-state index contributed by atoms with van der Waals surface area (Å²) in [7, 11) is 0. The standard InChI is InChI=1S/C11H15NO3/c1-7(13)6-12-10(14)8-4-2-3-5-9(8)11(12)15/h2-3,7-9,13H,4-6H2,1H3/t7-,8-,9+/m1/s1. The molecule has 1 N–H and O–H groups in total. The van der Waals surface area contributed by atoms with Crippen LogP contribution in [0.25, 0.3) is 0 Å². The first kappa shape index (κ1) is 10.4. The summed E-state index contributed by atoms with van der Waals surface area (Å²) in [6, 6.07) is 0. The molecule has 15 heavy (non-hydrogen) atoms. The molecule has 0 aromatic carbocycles. The zero-order valence-electron chi connectivity index (χ0n) is 8.72. The molecule has 1 fully saturated rings. The lowest BCUT2D eigenvalue weighted by Crippen LogP contribution is -2.36. The number of β-amino-alcohol motifs (C(OH)–C–C–N with tert-alkyl or cyclic N) is 1. The fourth-order valence-corrected chi connectivity index (χ4v) is 2.31. The highest BCUT2D eigenvalue weighted by Gasteiger charge is 2.47. The van der Waals surface area contributed by atoms with Crippen LogP contribution in [0.3, 0.4) is 0 Å². The molecule has 0 unspecified atom stereocenters. The molecule has 0 saturated carbocycles. The number of imide groups is 1. The topological polar surface area (TPSA) is 57.6 Å². The van der Waals surface area contributed by atoms with E-state index in [1.807, 2.05) is 12.2 Å². The number of rotatable bonds is 2. The van der Waals surface area contributed by atoms with E-state index in [4.69, 9.17) is 0 Å². The van der Waals surface area contributed by atoms with Gasteiger partial charge in [0.15, 0.2) is 0 Å². The zero-order valence-corrected chi connectivity index (χ0v) is 8.72. The van der Waals surface area contributed by atoms with Gasteiger partial charge in [0.25, 0.3) is 0 Å². The van der Waals surface area contributed by atoms with Crippen molar-refractivity contribution in [1.29, 1.82) is 0 Å². The van der Waals surface area contributed by atoms with Crippen molar-refractivity contribution in [3.05, 3.63) is 12.2 Å². The molecule has 3 atom stereocenters. The first-order valence-corrected chi connectivity index (χ1v) is 5.29. The number of likely N-dealkylation sites (tertiary alicyclic amines) is 1. The van der Waals surface area contributed by atoms with E-state index in [2.05, 4.69) is 0 Å². The van der Waals surface area contributed by atoms with Gasteiger partial charge in [-0.15, -0.1) is 0 Å². The van der Waals surface area contributed by atoms with Crippen LogP contribution in [0.15, 0.2) is 12.2 Å². The molecule has 1 saturated heterocycles. The molecule has 0 radical (unpaired) electrons.